The SMILES string of the molecule is Cc1ccc(CN2CCN(C(=O)c3ccc(Nc4ccc(-c5cc[nH]c(=O)c5)n5ccnc45)cc3)CC2)cc1. The molecule has 1 aliphatic rings. The molecule has 5 aromatic rings. The fourth-order valence-electron chi connectivity index (χ4n) is 5.05. The Balaban J connectivity index is 1.10. The molecular formula is C31H30N6O2. The van der Waals surface area contributed by atoms with E-state index in [-0.39, 0.29) is 11.5 Å². The summed E-state index contributed by atoms with van der Waals surface area (Å²) in [6.07, 6.45) is 5.25. The molecule has 4 heterocycles. The van der Waals surface area contributed by atoms with E-state index in [0.29, 0.717) is 5.56 Å². The second-order valence-corrected chi connectivity index (χ2v) is 9.95. The van der Waals surface area contributed by atoms with Crippen LogP contribution < -0.4 is 10.9 Å². The van der Waals surface area contributed by atoms with Crippen molar-refractivity contribution in [3.8, 4) is 11.3 Å². The van der Waals surface area contributed by atoms with E-state index in [4.69, 9.17) is 0 Å². The molecule has 0 spiro atoms. The number of carbonyl (C=O) groups excluding carboxylic acids is 1. The minimum atomic E-state index is -0.151. The van der Waals surface area contributed by atoms with Gasteiger partial charge in [0.2, 0.25) is 5.56 Å². The van der Waals surface area contributed by atoms with Gasteiger partial charge in [0.25, 0.3) is 5.91 Å². The number of fused-ring (bicyclic) bond motifs is 1. The maximum absolute atomic E-state index is 13.2. The molecule has 0 saturated carbocycles. The second-order valence-electron chi connectivity index (χ2n) is 9.95. The summed E-state index contributed by atoms with van der Waals surface area (Å²) in [7, 11) is 0. The Morgan fingerprint density at radius 2 is 1.72 bits per heavy atom. The highest BCUT2D eigenvalue weighted by Gasteiger charge is 2.22. The lowest BCUT2D eigenvalue weighted by atomic mass is 10.1. The largest absolute Gasteiger partial charge is 0.352 e. The van der Waals surface area contributed by atoms with Gasteiger partial charge in [-0.1, -0.05) is 29.8 Å². The number of carbonyl (C=O) groups is 1. The van der Waals surface area contributed by atoms with Crippen LogP contribution >= 0.6 is 0 Å². The van der Waals surface area contributed by atoms with Gasteiger partial charge in [0.05, 0.1) is 11.4 Å². The molecule has 8 nitrogen and oxygen atoms in total. The molecule has 0 radical (unpaired) electrons. The molecule has 3 aromatic heterocycles. The summed E-state index contributed by atoms with van der Waals surface area (Å²) in [5.41, 5.74) is 7.24. The fourth-order valence-corrected chi connectivity index (χ4v) is 5.05. The summed E-state index contributed by atoms with van der Waals surface area (Å²) in [4.78, 5) is 36.5. The Morgan fingerprint density at radius 1 is 0.949 bits per heavy atom. The first-order chi connectivity index (χ1) is 19.0. The van der Waals surface area contributed by atoms with Crippen LogP contribution in [0.5, 0.6) is 0 Å². The van der Waals surface area contributed by atoms with Gasteiger partial charge in [-0.25, -0.2) is 4.98 Å². The number of imidazole rings is 1. The number of benzene rings is 2. The monoisotopic (exact) mass is 518 g/mol. The number of pyridine rings is 2. The lowest BCUT2D eigenvalue weighted by Gasteiger charge is -2.34. The Kier molecular flexibility index (Phi) is 6.69. The number of nitrogens with one attached hydrogen (secondary N) is 2. The lowest BCUT2D eigenvalue weighted by Crippen LogP contribution is -2.48. The van der Waals surface area contributed by atoms with Crippen molar-refractivity contribution in [1.29, 1.82) is 0 Å². The third kappa shape index (κ3) is 5.32. The van der Waals surface area contributed by atoms with E-state index in [1.54, 1.807) is 18.5 Å². The number of H-pyrrole nitrogens is 1. The highest BCUT2D eigenvalue weighted by atomic mass is 16.2. The molecule has 39 heavy (non-hydrogen) atoms. The molecule has 0 atom stereocenters. The molecule has 196 valence electrons. The van der Waals surface area contributed by atoms with Gasteiger partial charge in [0, 0.05) is 74.2 Å². The summed E-state index contributed by atoms with van der Waals surface area (Å²) < 4.78 is 1.95. The van der Waals surface area contributed by atoms with Crippen LogP contribution in [0.25, 0.3) is 16.9 Å². The molecule has 1 aliphatic heterocycles. The van der Waals surface area contributed by atoms with Crippen LogP contribution in [0.4, 0.5) is 11.4 Å². The van der Waals surface area contributed by atoms with Crippen molar-refractivity contribution in [2.24, 2.45) is 0 Å². The summed E-state index contributed by atoms with van der Waals surface area (Å²) in [5, 5.41) is 3.42. The molecule has 1 amide bonds. The van der Waals surface area contributed by atoms with Crippen molar-refractivity contribution in [3.63, 3.8) is 0 Å². The summed E-state index contributed by atoms with van der Waals surface area (Å²) in [6, 6.07) is 23.6. The van der Waals surface area contributed by atoms with Crippen LogP contribution in [0.1, 0.15) is 21.5 Å². The topological polar surface area (TPSA) is 85.7 Å². The van der Waals surface area contributed by atoms with Crippen LogP contribution in [-0.2, 0) is 6.54 Å². The summed E-state index contributed by atoms with van der Waals surface area (Å²) in [5.74, 6) is 0.0642. The van der Waals surface area contributed by atoms with Crippen molar-refractivity contribution >= 4 is 22.9 Å². The van der Waals surface area contributed by atoms with E-state index in [1.165, 1.54) is 11.1 Å². The highest BCUT2D eigenvalue weighted by Crippen LogP contribution is 2.27. The zero-order chi connectivity index (χ0) is 26.8. The Hall–Kier alpha value is -4.69. The highest BCUT2D eigenvalue weighted by molar-refractivity contribution is 5.94. The zero-order valence-electron chi connectivity index (χ0n) is 21.8. The lowest BCUT2D eigenvalue weighted by molar-refractivity contribution is 0.0628. The third-order valence-corrected chi connectivity index (χ3v) is 7.22. The summed E-state index contributed by atoms with van der Waals surface area (Å²) >= 11 is 0. The average molecular weight is 519 g/mol. The maximum Gasteiger partial charge on any atom is 0.253 e. The number of piperazine rings is 1. The zero-order valence-corrected chi connectivity index (χ0v) is 21.8. The first kappa shape index (κ1) is 24.6. The van der Waals surface area contributed by atoms with Crippen LogP contribution in [0.2, 0.25) is 0 Å². The maximum atomic E-state index is 13.2. The number of amides is 1. The standard InChI is InChI=1S/C31H30N6O2/c1-22-2-4-23(5-3-22)21-35-16-18-36(19-17-35)31(39)24-6-8-26(9-7-24)34-27-10-11-28(37-15-14-33-30(27)37)25-12-13-32-29(38)20-25/h2-15,20,34H,16-19,21H2,1H3,(H,32,38). The number of aromatic amines is 1. The average Bonchev–Trinajstić information content (AvgIpc) is 3.46. The number of hydrogen-bond donors (Lipinski definition) is 2. The van der Waals surface area contributed by atoms with Crippen LogP contribution in [0, 0.1) is 6.92 Å². The van der Waals surface area contributed by atoms with E-state index >= 15 is 0 Å². The van der Waals surface area contributed by atoms with Crippen molar-refractivity contribution in [2.45, 2.75) is 13.5 Å². The Labute approximate surface area is 226 Å². The summed E-state index contributed by atoms with van der Waals surface area (Å²) in [6.45, 7) is 6.20. The van der Waals surface area contributed by atoms with Crippen molar-refractivity contribution in [2.75, 3.05) is 31.5 Å². The smallest absolute Gasteiger partial charge is 0.253 e. The predicted octanol–water partition coefficient (Wildman–Crippen LogP) is 4.70. The van der Waals surface area contributed by atoms with E-state index < -0.39 is 0 Å². The van der Waals surface area contributed by atoms with Gasteiger partial charge in [-0.2, -0.15) is 0 Å². The first-order valence-electron chi connectivity index (χ1n) is 13.1. The van der Waals surface area contributed by atoms with Crippen LogP contribution in [0.15, 0.2) is 96.2 Å². The van der Waals surface area contributed by atoms with E-state index in [0.717, 1.165) is 61.0 Å². The van der Waals surface area contributed by atoms with Gasteiger partial charge in [-0.3, -0.25) is 18.9 Å². The fraction of sp³-hybridized carbons (Fsp3) is 0.194. The number of aryl methyl sites for hydroxylation is 1. The van der Waals surface area contributed by atoms with Crippen LogP contribution in [-0.4, -0.2) is 56.3 Å². The molecule has 1 saturated heterocycles. The quantitative estimate of drug-likeness (QED) is 0.340. The molecule has 6 rings (SSSR count). The van der Waals surface area contributed by atoms with Gasteiger partial charge >= 0.3 is 0 Å². The van der Waals surface area contributed by atoms with E-state index in [2.05, 4.69) is 51.4 Å². The minimum Gasteiger partial charge on any atom is -0.352 e. The Bertz CT molecular complexity index is 1660. The number of anilines is 2. The number of nitrogens with zero attached hydrogens (tertiary/aromatic N) is 4. The third-order valence-electron chi connectivity index (χ3n) is 7.22. The van der Waals surface area contributed by atoms with Gasteiger partial charge in [-0.15, -0.1) is 0 Å². The molecule has 2 aromatic carbocycles. The molecule has 1 fully saturated rings. The number of hydrogen-bond acceptors (Lipinski definition) is 5. The predicted molar refractivity (Wildman–Crippen MR) is 153 cm³/mol. The molecule has 2 N–H and O–H groups in total. The van der Waals surface area contributed by atoms with Gasteiger partial charge < -0.3 is 15.2 Å². The molecule has 0 unspecified atom stereocenters. The van der Waals surface area contributed by atoms with Crippen molar-refractivity contribution in [3.05, 3.63) is 118 Å². The van der Waals surface area contributed by atoms with Crippen molar-refractivity contribution < 1.29 is 4.79 Å². The molecular weight excluding hydrogens is 488 g/mol. The molecule has 0 bridgehead atoms. The van der Waals surface area contributed by atoms with E-state index in [1.807, 2.05) is 58.0 Å². The second kappa shape index (κ2) is 10.6. The van der Waals surface area contributed by atoms with Gasteiger partial charge in [0.15, 0.2) is 5.65 Å². The normalized spacial score (nSPS) is 14.0. The Morgan fingerprint density at radius 3 is 2.46 bits per heavy atom. The van der Waals surface area contributed by atoms with E-state index in [9.17, 15) is 9.59 Å². The number of rotatable bonds is 6. The first-order valence-corrected chi connectivity index (χ1v) is 13.1. The van der Waals surface area contributed by atoms with Crippen LogP contribution in [0.3, 0.4) is 0 Å². The molecule has 8 heteroatoms. The minimum absolute atomic E-state index is 0.0642. The number of aromatic nitrogens is 3. The van der Waals surface area contributed by atoms with Crippen molar-refractivity contribution in [1.82, 2.24) is 24.2 Å². The van der Waals surface area contributed by atoms with Gasteiger partial charge in [0.1, 0.15) is 0 Å². The van der Waals surface area contributed by atoms with Gasteiger partial charge in [-0.05, 0) is 55.0 Å². The molecule has 0 aliphatic carbocycles.